The molecule has 3 rings (SSSR count). The quantitative estimate of drug-likeness (QED) is 0.910. The first-order valence-corrected chi connectivity index (χ1v) is 8.99. The molecular formula is C18H30N4O. The van der Waals surface area contributed by atoms with Crippen molar-refractivity contribution in [2.45, 2.75) is 52.5 Å². The summed E-state index contributed by atoms with van der Waals surface area (Å²) in [5.74, 6) is 1.66. The summed E-state index contributed by atoms with van der Waals surface area (Å²) >= 11 is 0. The predicted octanol–water partition coefficient (Wildman–Crippen LogP) is 2.27. The number of hydrogen-bond acceptors (Lipinski definition) is 3. The summed E-state index contributed by atoms with van der Waals surface area (Å²) in [6, 6.07) is 0. The maximum absolute atomic E-state index is 13.0. The van der Waals surface area contributed by atoms with Crippen LogP contribution in [0.3, 0.4) is 0 Å². The fraction of sp³-hybridized carbons (Fsp3) is 0.778. The first-order valence-electron chi connectivity index (χ1n) is 8.99. The van der Waals surface area contributed by atoms with Gasteiger partial charge in [-0.25, -0.2) is 0 Å². The van der Waals surface area contributed by atoms with E-state index < -0.39 is 0 Å². The fourth-order valence-corrected chi connectivity index (χ4v) is 4.06. The molecule has 0 radical (unpaired) electrons. The van der Waals surface area contributed by atoms with Gasteiger partial charge in [-0.2, -0.15) is 5.10 Å². The minimum atomic E-state index is -0.0919. The molecule has 5 heteroatoms. The average molecular weight is 318 g/mol. The van der Waals surface area contributed by atoms with Gasteiger partial charge in [-0.15, -0.1) is 0 Å². The van der Waals surface area contributed by atoms with Crippen molar-refractivity contribution >= 4 is 5.91 Å². The van der Waals surface area contributed by atoms with Crippen LogP contribution in [0.5, 0.6) is 0 Å². The van der Waals surface area contributed by atoms with E-state index in [-0.39, 0.29) is 11.4 Å². The zero-order chi connectivity index (χ0) is 16.6. The van der Waals surface area contributed by atoms with Gasteiger partial charge in [0.15, 0.2) is 0 Å². The Balaban J connectivity index is 1.79. The van der Waals surface area contributed by atoms with Crippen molar-refractivity contribution in [2.24, 2.45) is 11.8 Å². The number of nitrogens with one attached hydrogen (secondary N) is 1. The van der Waals surface area contributed by atoms with E-state index >= 15 is 0 Å². The second-order valence-electron chi connectivity index (χ2n) is 7.99. The lowest BCUT2D eigenvalue weighted by atomic mass is 9.92. The number of carbonyl (C=O) groups is 1. The van der Waals surface area contributed by atoms with Gasteiger partial charge in [0.25, 0.3) is 5.91 Å². The molecule has 0 unspecified atom stereocenters. The van der Waals surface area contributed by atoms with Crippen LogP contribution < -0.4 is 5.32 Å². The standard InChI is InChI=1S/C18H30N4O/c1-5-16-15(12-20-22(16)18(2,3)4)17(23)21-8-6-13-10-19-11-14(13)7-9-21/h12-14,19H,5-11H2,1-4H3/t13-,14+. The number of amides is 1. The Hall–Kier alpha value is -1.36. The maximum atomic E-state index is 13.0. The molecule has 0 aliphatic carbocycles. The van der Waals surface area contributed by atoms with E-state index in [1.165, 1.54) is 0 Å². The molecule has 23 heavy (non-hydrogen) atoms. The molecule has 2 saturated heterocycles. The second kappa shape index (κ2) is 6.27. The van der Waals surface area contributed by atoms with Crippen LogP contribution in [0.4, 0.5) is 0 Å². The highest BCUT2D eigenvalue weighted by molar-refractivity contribution is 5.95. The van der Waals surface area contributed by atoms with Crippen molar-refractivity contribution in [3.8, 4) is 0 Å². The van der Waals surface area contributed by atoms with Crippen LogP contribution in [0.25, 0.3) is 0 Å². The first-order chi connectivity index (χ1) is 10.9. The summed E-state index contributed by atoms with van der Waals surface area (Å²) in [6.45, 7) is 12.5. The monoisotopic (exact) mass is 318 g/mol. The Morgan fingerprint density at radius 2 is 1.87 bits per heavy atom. The second-order valence-corrected chi connectivity index (χ2v) is 7.99. The molecule has 2 atom stereocenters. The number of aromatic nitrogens is 2. The van der Waals surface area contributed by atoms with Crippen LogP contribution >= 0.6 is 0 Å². The molecule has 0 spiro atoms. The average Bonchev–Trinajstić information content (AvgIpc) is 3.08. The van der Waals surface area contributed by atoms with Gasteiger partial charge in [-0.05, 0) is 65.0 Å². The molecule has 5 nitrogen and oxygen atoms in total. The first kappa shape index (κ1) is 16.5. The predicted molar refractivity (Wildman–Crippen MR) is 91.6 cm³/mol. The normalized spacial score (nSPS) is 25.3. The van der Waals surface area contributed by atoms with Crippen molar-refractivity contribution in [3.05, 3.63) is 17.5 Å². The highest BCUT2D eigenvalue weighted by atomic mass is 16.2. The van der Waals surface area contributed by atoms with E-state index in [0.29, 0.717) is 0 Å². The third-order valence-electron chi connectivity index (χ3n) is 5.38. The van der Waals surface area contributed by atoms with Crippen molar-refractivity contribution in [1.29, 1.82) is 0 Å². The third-order valence-corrected chi connectivity index (χ3v) is 5.38. The van der Waals surface area contributed by atoms with Gasteiger partial charge in [0, 0.05) is 13.1 Å². The van der Waals surface area contributed by atoms with Crippen LogP contribution in [0.2, 0.25) is 0 Å². The smallest absolute Gasteiger partial charge is 0.257 e. The van der Waals surface area contributed by atoms with Gasteiger partial charge in [-0.1, -0.05) is 6.92 Å². The Morgan fingerprint density at radius 3 is 2.39 bits per heavy atom. The Labute approximate surface area is 139 Å². The molecule has 1 aromatic rings. The van der Waals surface area contributed by atoms with Crippen molar-refractivity contribution < 1.29 is 4.79 Å². The largest absolute Gasteiger partial charge is 0.339 e. The number of nitrogens with zero attached hydrogens (tertiary/aromatic N) is 3. The highest BCUT2D eigenvalue weighted by Gasteiger charge is 2.33. The zero-order valence-corrected chi connectivity index (χ0v) is 14.9. The molecule has 0 bridgehead atoms. The summed E-state index contributed by atoms with van der Waals surface area (Å²) in [6.07, 6.45) is 4.86. The molecule has 1 amide bonds. The molecule has 2 aliphatic rings. The fourth-order valence-electron chi connectivity index (χ4n) is 4.06. The van der Waals surface area contributed by atoms with E-state index in [1.54, 1.807) is 6.20 Å². The highest BCUT2D eigenvalue weighted by Crippen LogP contribution is 2.28. The number of likely N-dealkylation sites (tertiary alicyclic amines) is 1. The number of carbonyl (C=O) groups excluding carboxylic acids is 1. The van der Waals surface area contributed by atoms with E-state index in [2.05, 4.69) is 43.0 Å². The Morgan fingerprint density at radius 1 is 1.26 bits per heavy atom. The minimum Gasteiger partial charge on any atom is -0.339 e. The lowest BCUT2D eigenvalue weighted by molar-refractivity contribution is 0.0757. The summed E-state index contributed by atoms with van der Waals surface area (Å²) in [4.78, 5) is 15.1. The Bertz CT molecular complexity index is 558. The minimum absolute atomic E-state index is 0.0919. The van der Waals surface area contributed by atoms with Crippen LogP contribution in [-0.2, 0) is 12.0 Å². The van der Waals surface area contributed by atoms with Gasteiger partial charge in [0.05, 0.1) is 23.0 Å². The molecule has 0 saturated carbocycles. The van der Waals surface area contributed by atoms with Crippen molar-refractivity contribution in [2.75, 3.05) is 26.2 Å². The maximum Gasteiger partial charge on any atom is 0.257 e. The lowest BCUT2D eigenvalue weighted by Crippen LogP contribution is -2.33. The molecule has 1 aromatic heterocycles. The van der Waals surface area contributed by atoms with E-state index in [0.717, 1.165) is 68.5 Å². The number of fused-ring (bicyclic) bond motifs is 1. The topological polar surface area (TPSA) is 50.2 Å². The lowest BCUT2D eigenvalue weighted by Gasteiger charge is -2.24. The van der Waals surface area contributed by atoms with E-state index in [1.807, 2.05) is 4.68 Å². The molecule has 3 heterocycles. The molecule has 2 fully saturated rings. The van der Waals surface area contributed by atoms with Crippen molar-refractivity contribution in [3.63, 3.8) is 0 Å². The zero-order valence-electron chi connectivity index (χ0n) is 14.9. The van der Waals surface area contributed by atoms with Crippen LogP contribution in [-0.4, -0.2) is 46.8 Å². The summed E-state index contributed by atoms with van der Waals surface area (Å²) in [5, 5.41) is 8.00. The molecular weight excluding hydrogens is 288 g/mol. The SMILES string of the molecule is CCc1c(C(=O)N2CC[C@@H]3CNC[C@@H]3CC2)cnn1C(C)(C)C. The van der Waals surface area contributed by atoms with Gasteiger partial charge >= 0.3 is 0 Å². The number of hydrogen-bond donors (Lipinski definition) is 1. The Kier molecular flexibility index (Phi) is 4.50. The summed E-state index contributed by atoms with van der Waals surface area (Å²) in [5.41, 5.74) is 1.77. The van der Waals surface area contributed by atoms with Gasteiger partial charge in [-0.3, -0.25) is 9.48 Å². The molecule has 128 valence electrons. The van der Waals surface area contributed by atoms with E-state index in [4.69, 9.17) is 0 Å². The van der Waals surface area contributed by atoms with Gasteiger partial charge in [0.1, 0.15) is 0 Å². The van der Waals surface area contributed by atoms with Crippen LogP contribution in [0.1, 0.15) is 56.6 Å². The van der Waals surface area contributed by atoms with Gasteiger partial charge in [0.2, 0.25) is 0 Å². The molecule has 2 aliphatic heterocycles. The van der Waals surface area contributed by atoms with E-state index in [9.17, 15) is 4.79 Å². The van der Waals surface area contributed by atoms with Crippen LogP contribution in [0, 0.1) is 11.8 Å². The van der Waals surface area contributed by atoms with Crippen molar-refractivity contribution in [1.82, 2.24) is 20.0 Å². The summed E-state index contributed by atoms with van der Waals surface area (Å²) < 4.78 is 2.01. The van der Waals surface area contributed by atoms with Crippen LogP contribution in [0.15, 0.2) is 6.20 Å². The summed E-state index contributed by atoms with van der Waals surface area (Å²) in [7, 11) is 0. The third kappa shape index (κ3) is 3.16. The molecule has 0 aromatic carbocycles. The molecule has 1 N–H and O–H groups in total. The number of rotatable bonds is 2. The van der Waals surface area contributed by atoms with Gasteiger partial charge < -0.3 is 10.2 Å².